The lowest BCUT2D eigenvalue weighted by Gasteiger charge is -2.11. The topological polar surface area (TPSA) is 59.9 Å². The van der Waals surface area contributed by atoms with Crippen LogP contribution in [0.15, 0.2) is 47.6 Å². The van der Waals surface area contributed by atoms with E-state index in [0.29, 0.717) is 34.3 Å². The number of rotatable bonds is 6. The van der Waals surface area contributed by atoms with Crippen LogP contribution in [0.2, 0.25) is 5.02 Å². The minimum Gasteiger partial charge on any atom is -0.492 e. The normalized spacial score (nSPS) is 10.6. The molecule has 0 heterocycles. The van der Waals surface area contributed by atoms with E-state index >= 15 is 0 Å². The van der Waals surface area contributed by atoms with E-state index < -0.39 is 0 Å². The molecule has 2 aromatic carbocycles. The van der Waals surface area contributed by atoms with E-state index in [0.717, 1.165) is 0 Å². The van der Waals surface area contributed by atoms with Crippen LogP contribution in [0.5, 0.6) is 11.5 Å². The van der Waals surface area contributed by atoms with Gasteiger partial charge in [0.2, 0.25) is 0 Å². The first-order valence-electron chi connectivity index (χ1n) is 7.05. The molecule has 0 atom stereocenters. The molecule has 5 nitrogen and oxygen atoms in total. The van der Waals surface area contributed by atoms with Gasteiger partial charge in [0.05, 0.1) is 30.5 Å². The van der Waals surface area contributed by atoms with Crippen molar-refractivity contribution in [2.45, 2.75) is 6.92 Å². The van der Waals surface area contributed by atoms with E-state index in [-0.39, 0.29) is 5.91 Å². The first kappa shape index (κ1) is 16.8. The zero-order chi connectivity index (χ0) is 16.7. The van der Waals surface area contributed by atoms with Gasteiger partial charge in [-0.05, 0) is 31.2 Å². The van der Waals surface area contributed by atoms with Crippen LogP contribution in [-0.4, -0.2) is 25.8 Å². The molecule has 120 valence electrons. The molecule has 1 amide bonds. The molecule has 2 rings (SSSR count). The van der Waals surface area contributed by atoms with Gasteiger partial charge in [0.1, 0.15) is 0 Å². The quantitative estimate of drug-likeness (QED) is 0.650. The highest BCUT2D eigenvalue weighted by Gasteiger charge is 2.10. The summed E-state index contributed by atoms with van der Waals surface area (Å²) in [6.45, 7) is 2.42. The molecular weight excluding hydrogens is 316 g/mol. The summed E-state index contributed by atoms with van der Waals surface area (Å²) < 4.78 is 10.8. The predicted molar refractivity (Wildman–Crippen MR) is 90.7 cm³/mol. The van der Waals surface area contributed by atoms with Crippen molar-refractivity contribution in [1.82, 2.24) is 5.43 Å². The highest BCUT2D eigenvalue weighted by molar-refractivity contribution is 6.33. The van der Waals surface area contributed by atoms with Gasteiger partial charge in [0, 0.05) is 5.56 Å². The number of ether oxygens (including phenoxy) is 2. The van der Waals surface area contributed by atoms with Crippen LogP contribution in [0.3, 0.4) is 0 Å². The zero-order valence-corrected chi connectivity index (χ0v) is 13.6. The van der Waals surface area contributed by atoms with E-state index in [1.807, 2.05) is 25.1 Å². The lowest BCUT2D eigenvalue weighted by Crippen LogP contribution is -2.18. The minimum atomic E-state index is -0.383. The maximum absolute atomic E-state index is 12.0. The third-order valence-electron chi connectivity index (χ3n) is 3.00. The summed E-state index contributed by atoms with van der Waals surface area (Å²) in [7, 11) is 1.55. The van der Waals surface area contributed by atoms with Crippen molar-refractivity contribution in [3.8, 4) is 11.5 Å². The van der Waals surface area contributed by atoms with E-state index in [4.69, 9.17) is 21.1 Å². The van der Waals surface area contributed by atoms with Gasteiger partial charge in [-0.1, -0.05) is 29.8 Å². The number of nitrogens with zero attached hydrogens (tertiary/aromatic N) is 1. The Balaban J connectivity index is 2.13. The second-order valence-corrected chi connectivity index (χ2v) is 4.90. The van der Waals surface area contributed by atoms with Crippen LogP contribution in [0.25, 0.3) is 0 Å². The number of nitrogens with one attached hydrogen (secondary N) is 1. The fraction of sp³-hybridized carbons (Fsp3) is 0.176. The average molecular weight is 333 g/mol. The van der Waals surface area contributed by atoms with Gasteiger partial charge in [0.15, 0.2) is 11.5 Å². The van der Waals surface area contributed by atoms with Crippen LogP contribution in [0.4, 0.5) is 0 Å². The molecule has 0 aliphatic heterocycles. The molecule has 0 spiro atoms. The first-order valence-corrected chi connectivity index (χ1v) is 7.43. The Labute approximate surface area is 139 Å². The van der Waals surface area contributed by atoms with Gasteiger partial charge >= 0.3 is 0 Å². The smallest absolute Gasteiger partial charge is 0.272 e. The van der Waals surface area contributed by atoms with Crippen molar-refractivity contribution in [3.63, 3.8) is 0 Å². The Morgan fingerprint density at radius 3 is 2.74 bits per heavy atom. The standard InChI is InChI=1S/C17H17ClN2O3/c1-3-23-15-10-6-7-12(16(15)22-2)11-19-20-17(21)13-8-4-5-9-14(13)18/h4-11H,3H2,1-2H3,(H,20,21)/b19-11-. The number of benzene rings is 2. The Bertz CT molecular complexity index is 717. The van der Waals surface area contributed by atoms with E-state index in [2.05, 4.69) is 10.5 Å². The number of amides is 1. The van der Waals surface area contributed by atoms with Gasteiger partial charge < -0.3 is 9.47 Å². The summed E-state index contributed by atoms with van der Waals surface area (Å²) in [6, 6.07) is 12.2. The van der Waals surface area contributed by atoms with Crippen LogP contribution in [0.1, 0.15) is 22.8 Å². The highest BCUT2D eigenvalue weighted by Crippen LogP contribution is 2.29. The molecular formula is C17H17ClN2O3. The lowest BCUT2D eigenvalue weighted by molar-refractivity contribution is 0.0955. The number of methoxy groups -OCH3 is 1. The van der Waals surface area contributed by atoms with Crippen molar-refractivity contribution in [2.24, 2.45) is 5.10 Å². The van der Waals surface area contributed by atoms with Gasteiger partial charge in [0.25, 0.3) is 5.91 Å². The van der Waals surface area contributed by atoms with Crippen molar-refractivity contribution in [1.29, 1.82) is 0 Å². The summed E-state index contributed by atoms with van der Waals surface area (Å²) in [4.78, 5) is 12.0. The van der Waals surface area contributed by atoms with Gasteiger partial charge in [-0.25, -0.2) is 5.43 Å². The molecule has 0 saturated heterocycles. The molecule has 0 bridgehead atoms. The molecule has 0 aliphatic carbocycles. The number of para-hydroxylation sites is 1. The van der Waals surface area contributed by atoms with Gasteiger partial charge in [-0.15, -0.1) is 0 Å². The molecule has 0 unspecified atom stereocenters. The summed E-state index contributed by atoms with van der Waals surface area (Å²) in [6.07, 6.45) is 1.50. The Morgan fingerprint density at radius 1 is 1.26 bits per heavy atom. The predicted octanol–water partition coefficient (Wildman–Crippen LogP) is 3.51. The second-order valence-electron chi connectivity index (χ2n) is 4.49. The molecule has 23 heavy (non-hydrogen) atoms. The number of hydrogen-bond acceptors (Lipinski definition) is 4. The highest BCUT2D eigenvalue weighted by atomic mass is 35.5. The first-order chi connectivity index (χ1) is 11.2. The van der Waals surface area contributed by atoms with Crippen LogP contribution in [-0.2, 0) is 0 Å². The monoisotopic (exact) mass is 332 g/mol. The number of hydrazone groups is 1. The van der Waals surface area contributed by atoms with Crippen LogP contribution in [0, 0.1) is 0 Å². The minimum absolute atomic E-state index is 0.362. The van der Waals surface area contributed by atoms with E-state index in [9.17, 15) is 4.79 Å². The molecule has 0 saturated carbocycles. The molecule has 0 radical (unpaired) electrons. The van der Waals surface area contributed by atoms with Crippen molar-refractivity contribution >= 4 is 23.7 Å². The SMILES string of the molecule is CCOc1cccc(/C=N\NC(=O)c2ccccc2Cl)c1OC. The summed E-state index contributed by atoms with van der Waals surface area (Å²) in [5.41, 5.74) is 3.50. The van der Waals surface area contributed by atoms with Crippen LogP contribution >= 0.6 is 11.6 Å². The maximum atomic E-state index is 12.0. The fourth-order valence-electron chi connectivity index (χ4n) is 1.99. The number of carbonyl (C=O) groups excluding carboxylic acids is 1. The van der Waals surface area contributed by atoms with Crippen molar-refractivity contribution in [3.05, 3.63) is 58.6 Å². The molecule has 0 aliphatic rings. The third kappa shape index (κ3) is 4.23. The second kappa shape index (κ2) is 8.19. The molecule has 1 N–H and O–H groups in total. The molecule has 2 aromatic rings. The molecule has 6 heteroatoms. The summed E-state index contributed by atoms with van der Waals surface area (Å²) in [5.74, 6) is 0.799. The summed E-state index contributed by atoms with van der Waals surface area (Å²) in [5, 5.41) is 4.32. The Kier molecular flexibility index (Phi) is 6.00. The number of hydrogen-bond donors (Lipinski definition) is 1. The van der Waals surface area contributed by atoms with Crippen molar-refractivity contribution in [2.75, 3.05) is 13.7 Å². The van der Waals surface area contributed by atoms with Crippen LogP contribution < -0.4 is 14.9 Å². The Hall–Kier alpha value is -2.53. The largest absolute Gasteiger partial charge is 0.492 e. The number of halogens is 1. The van der Waals surface area contributed by atoms with Crippen molar-refractivity contribution < 1.29 is 14.3 Å². The fourth-order valence-corrected chi connectivity index (χ4v) is 2.21. The molecule has 0 aromatic heterocycles. The third-order valence-corrected chi connectivity index (χ3v) is 3.33. The maximum Gasteiger partial charge on any atom is 0.272 e. The molecule has 0 fully saturated rings. The zero-order valence-electron chi connectivity index (χ0n) is 12.9. The van der Waals surface area contributed by atoms with E-state index in [1.54, 1.807) is 31.4 Å². The van der Waals surface area contributed by atoms with Gasteiger partial charge in [-0.2, -0.15) is 5.10 Å². The summed E-state index contributed by atoms with van der Waals surface area (Å²) >= 11 is 5.97. The van der Waals surface area contributed by atoms with E-state index in [1.165, 1.54) is 6.21 Å². The van der Waals surface area contributed by atoms with Gasteiger partial charge in [-0.3, -0.25) is 4.79 Å². The number of carbonyl (C=O) groups is 1. The average Bonchev–Trinajstić information content (AvgIpc) is 2.55. The Morgan fingerprint density at radius 2 is 2.04 bits per heavy atom. The lowest BCUT2D eigenvalue weighted by atomic mass is 10.2.